The highest BCUT2D eigenvalue weighted by atomic mass is 19.1. The van der Waals surface area contributed by atoms with Crippen LogP contribution in [0, 0.1) is 5.82 Å². The molecule has 0 aromatic heterocycles. The predicted molar refractivity (Wildman–Crippen MR) is 93.8 cm³/mol. The minimum atomic E-state index is -0.671. The van der Waals surface area contributed by atoms with Gasteiger partial charge < -0.3 is 9.47 Å². The first-order valence-corrected chi connectivity index (χ1v) is 7.91. The molecule has 3 rings (SSSR count). The summed E-state index contributed by atoms with van der Waals surface area (Å²) in [7, 11) is 0. The SMILES string of the molecule is O=C(COc1ccccc1F)Oc1ccc(C(=O)c2ccccc2)cc1. The molecule has 3 aromatic rings. The van der Waals surface area contributed by atoms with Gasteiger partial charge in [0.25, 0.3) is 0 Å². The van der Waals surface area contributed by atoms with Crippen LogP contribution in [0.1, 0.15) is 15.9 Å². The topological polar surface area (TPSA) is 52.6 Å². The molecule has 0 heterocycles. The molecule has 0 N–H and O–H groups in total. The zero-order valence-electron chi connectivity index (χ0n) is 13.7. The van der Waals surface area contributed by atoms with Gasteiger partial charge in [0.15, 0.2) is 24.0 Å². The van der Waals surface area contributed by atoms with E-state index in [-0.39, 0.29) is 17.3 Å². The van der Waals surface area contributed by atoms with Gasteiger partial charge >= 0.3 is 5.97 Å². The zero-order valence-corrected chi connectivity index (χ0v) is 13.7. The van der Waals surface area contributed by atoms with Gasteiger partial charge in [-0.3, -0.25) is 4.79 Å². The van der Waals surface area contributed by atoms with Crippen molar-refractivity contribution in [3.63, 3.8) is 0 Å². The molecule has 0 atom stereocenters. The van der Waals surface area contributed by atoms with Gasteiger partial charge in [-0.2, -0.15) is 0 Å². The van der Waals surface area contributed by atoms with Crippen LogP contribution in [0.25, 0.3) is 0 Å². The molecule has 3 aromatic carbocycles. The monoisotopic (exact) mass is 350 g/mol. The number of carbonyl (C=O) groups excluding carboxylic acids is 2. The third-order valence-corrected chi connectivity index (χ3v) is 3.57. The van der Waals surface area contributed by atoms with Crippen LogP contribution in [0.4, 0.5) is 4.39 Å². The molecule has 5 heteroatoms. The maximum absolute atomic E-state index is 13.4. The number of para-hydroxylation sites is 1. The van der Waals surface area contributed by atoms with Crippen LogP contribution in [0.3, 0.4) is 0 Å². The van der Waals surface area contributed by atoms with Crippen molar-refractivity contribution in [3.05, 3.63) is 95.8 Å². The number of halogens is 1. The van der Waals surface area contributed by atoms with E-state index in [9.17, 15) is 14.0 Å². The normalized spacial score (nSPS) is 10.2. The van der Waals surface area contributed by atoms with Crippen LogP contribution in [-0.2, 0) is 4.79 Å². The Morgan fingerprint density at radius 1 is 0.769 bits per heavy atom. The van der Waals surface area contributed by atoms with Gasteiger partial charge in [-0.1, -0.05) is 42.5 Å². The summed E-state index contributed by atoms with van der Waals surface area (Å²) in [4.78, 5) is 24.1. The van der Waals surface area contributed by atoms with E-state index in [2.05, 4.69) is 0 Å². The molecule has 0 aliphatic rings. The highest BCUT2D eigenvalue weighted by molar-refractivity contribution is 6.09. The van der Waals surface area contributed by atoms with Crippen LogP contribution in [-0.4, -0.2) is 18.4 Å². The highest BCUT2D eigenvalue weighted by Gasteiger charge is 2.11. The average molecular weight is 350 g/mol. The first-order chi connectivity index (χ1) is 12.6. The number of rotatable bonds is 6. The second kappa shape index (κ2) is 8.07. The van der Waals surface area contributed by atoms with Crippen molar-refractivity contribution in [2.75, 3.05) is 6.61 Å². The van der Waals surface area contributed by atoms with Crippen molar-refractivity contribution < 1.29 is 23.5 Å². The van der Waals surface area contributed by atoms with Crippen LogP contribution < -0.4 is 9.47 Å². The highest BCUT2D eigenvalue weighted by Crippen LogP contribution is 2.17. The zero-order chi connectivity index (χ0) is 18.4. The van der Waals surface area contributed by atoms with Gasteiger partial charge in [0.05, 0.1) is 0 Å². The average Bonchev–Trinajstić information content (AvgIpc) is 2.68. The second-order valence-electron chi connectivity index (χ2n) is 5.41. The molecule has 0 aliphatic heterocycles. The third-order valence-electron chi connectivity index (χ3n) is 3.57. The molecule has 0 aliphatic carbocycles. The van der Waals surface area contributed by atoms with Gasteiger partial charge in [-0.25, -0.2) is 9.18 Å². The fourth-order valence-electron chi connectivity index (χ4n) is 2.29. The lowest BCUT2D eigenvalue weighted by molar-refractivity contribution is -0.136. The molecule has 4 nitrogen and oxygen atoms in total. The Morgan fingerprint density at radius 3 is 2.08 bits per heavy atom. The van der Waals surface area contributed by atoms with E-state index in [0.717, 1.165) is 0 Å². The molecule has 0 fully saturated rings. The summed E-state index contributed by atoms with van der Waals surface area (Å²) < 4.78 is 23.6. The standard InChI is InChI=1S/C21H15FO4/c22-18-8-4-5-9-19(18)25-14-20(23)26-17-12-10-16(11-13-17)21(24)15-6-2-1-3-7-15/h1-13H,14H2. The molecule has 0 bridgehead atoms. The van der Waals surface area contributed by atoms with Crippen LogP contribution in [0.2, 0.25) is 0 Å². The molecule has 130 valence electrons. The lowest BCUT2D eigenvalue weighted by Crippen LogP contribution is -2.18. The maximum Gasteiger partial charge on any atom is 0.349 e. The number of ether oxygens (including phenoxy) is 2. The van der Waals surface area contributed by atoms with Crippen molar-refractivity contribution >= 4 is 11.8 Å². The van der Waals surface area contributed by atoms with Crippen molar-refractivity contribution in [1.29, 1.82) is 0 Å². The number of benzene rings is 3. The fraction of sp³-hybridized carbons (Fsp3) is 0.0476. The first-order valence-electron chi connectivity index (χ1n) is 7.91. The summed E-state index contributed by atoms with van der Waals surface area (Å²) in [6.07, 6.45) is 0. The molecule has 0 unspecified atom stereocenters. The van der Waals surface area contributed by atoms with Crippen molar-refractivity contribution in [1.82, 2.24) is 0 Å². The smallest absolute Gasteiger partial charge is 0.349 e. The number of ketones is 1. The van der Waals surface area contributed by atoms with E-state index in [4.69, 9.17) is 9.47 Å². The second-order valence-corrected chi connectivity index (χ2v) is 5.41. The van der Waals surface area contributed by atoms with Gasteiger partial charge in [0.2, 0.25) is 0 Å². The number of carbonyl (C=O) groups is 2. The molecule has 26 heavy (non-hydrogen) atoms. The summed E-state index contributed by atoms with van der Waals surface area (Å²) in [5.41, 5.74) is 1.06. The summed E-state index contributed by atoms with van der Waals surface area (Å²) in [5, 5.41) is 0. The van der Waals surface area contributed by atoms with Crippen LogP contribution in [0.5, 0.6) is 11.5 Å². The Bertz CT molecular complexity index is 905. The predicted octanol–water partition coefficient (Wildman–Crippen LogP) is 4.04. The molecular formula is C21H15FO4. The molecule has 0 radical (unpaired) electrons. The van der Waals surface area contributed by atoms with E-state index in [1.165, 1.54) is 30.3 Å². The molecule has 0 spiro atoms. The van der Waals surface area contributed by atoms with Gasteiger partial charge in [-0.05, 0) is 36.4 Å². The van der Waals surface area contributed by atoms with Crippen molar-refractivity contribution in [3.8, 4) is 11.5 Å². The Hall–Kier alpha value is -3.47. The lowest BCUT2D eigenvalue weighted by atomic mass is 10.0. The van der Waals surface area contributed by atoms with E-state index >= 15 is 0 Å². The molecule has 0 amide bonds. The van der Waals surface area contributed by atoms with E-state index in [0.29, 0.717) is 11.1 Å². The van der Waals surface area contributed by atoms with E-state index in [1.807, 2.05) is 6.07 Å². The summed E-state index contributed by atoms with van der Waals surface area (Å²) in [6, 6.07) is 20.9. The fourth-order valence-corrected chi connectivity index (χ4v) is 2.29. The minimum Gasteiger partial charge on any atom is -0.479 e. The Kier molecular flexibility index (Phi) is 5.39. The quantitative estimate of drug-likeness (QED) is 0.382. The third kappa shape index (κ3) is 4.33. The van der Waals surface area contributed by atoms with E-state index in [1.54, 1.807) is 42.5 Å². The Balaban J connectivity index is 1.58. The van der Waals surface area contributed by atoms with Crippen molar-refractivity contribution in [2.45, 2.75) is 0 Å². The first kappa shape index (κ1) is 17.4. The maximum atomic E-state index is 13.4. The Morgan fingerprint density at radius 2 is 1.38 bits per heavy atom. The van der Waals surface area contributed by atoms with Gasteiger partial charge in [0.1, 0.15) is 5.75 Å². The number of esters is 1. The minimum absolute atomic E-state index is 0.0201. The lowest BCUT2D eigenvalue weighted by Gasteiger charge is -2.08. The summed E-state index contributed by atoms with van der Waals surface area (Å²) >= 11 is 0. The number of hydrogen-bond donors (Lipinski definition) is 0. The number of hydrogen-bond acceptors (Lipinski definition) is 4. The van der Waals surface area contributed by atoms with Gasteiger partial charge in [-0.15, -0.1) is 0 Å². The molecule has 0 saturated carbocycles. The summed E-state index contributed by atoms with van der Waals surface area (Å²) in [5.74, 6) is -1.09. The molecular weight excluding hydrogens is 335 g/mol. The largest absolute Gasteiger partial charge is 0.479 e. The summed E-state index contributed by atoms with van der Waals surface area (Å²) in [6.45, 7) is -0.425. The Labute approximate surface area is 149 Å². The van der Waals surface area contributed by atoms with Crippen LogP contribution in [0.15, 0.2) is 78.9 Å². The van der Waals surface area contributed by atoms with E-state index < -0.39 is 18.4 Å². The molecule has 0 saturated heterocycles. The van der Waals surface area contributed by atoms with Gasteiger partial charge in [0, 0.05) is 11.1 Å². The van der Waals surface area contributed by atoms with Crippen molar-refractivity contribution in [2.24, 2.45) is 0 Å². The van der Waals surface area contributed by atoms with Crippen LogP contribution >= 0.6 is 0 Å².